The van der Waals surface area contributed by atoms with E-state index in [0.717, 1.165) is 0 Å². The fourth-order valence-corrected chi connectivity index (χ4v) is 3.32. The van der Waals surface area contributed by atoms with E-state index in [9.17, 15) is 30.3 Å². The van der Waals surface area contributed by atoms with Gasteiger partial charge in [0.15, 0.2) is 0 Å². The summed E-state index contributed by atoms with van der Waals surface area (Å²) in [6.45, 7) is 2.71. The van der Waals surface area contributed by atoms with Crippen molar-refractivity contribution < 1.29 is 24.6 Å². The van der Waals surface area contributed by atoms with Crippen LogP contribution in [0.15, 0.2) is 66.9 Å². The molecule has 1 aliphatic rings. The molecule has 0 radical (unpaired) electrons. The molecule has 11 nitrogen and oxygen atoms in total. The Morgan fingerprint density at radius 1 is 0.788 bits per heavy atom. The SMILES string of the molecule is CCOC=C1c2ccccc2-c2ccccc21.O=[N+]([O-])c1cc([N+](=O)[O-])c(O)c([N+](=O)[O-])c1. The fraction of sp³-hybridized carbons (Fsp3) is 0.0909. The third kappa shape index (κ3) is 4.61. The first kappa shape index (κ1) is 22.9. The van der Waals surface area contributed by atoms with Gasteiger partial charge < -0.3 is 9.84 Å². The Morgan fingerprint density at radius 3 is 1.58 bits per heavy atom. The van der Waals surface area contributed by atoms with Gasteiger partial charge >= 0.3 is 11.4 Å². The lowest BCUT2D eigenvalue weighted by molar-refractivity contribution is -0.404. The predicted molar refractivity (Wildman–Crippen MR) is 119 cm³/mol. The zero-order chi connectivity index (χ0) is 24.1. The van der Waals surface area contributed by atoms with Crippen molar-refractivity contribution in [3.63, 3.8) is 0 Å². The lowest BCUT2D eigenvalue weighted by Gasteiger charge is -2.02. The van der Waals surface area contributed by atoms with Gasteiger partial charge in [0.25, 0.3) is 11.4 Å². The highest BCUT2D eigenvalue weighted by Crippen LogP contribution is 2.43. The maximum atomic E-state index is 10.4. The molecule has 168 valence electrons. The number of nitrogens with zero attached hydrogens (tertiary/aromatic N) is 3. The molecule has 1 N–H and O–H groups in total. The molecular formula is C22H17N3O8. The van der Waals surface area contributed by atoms with Gasteiger partial charge in [-0.25, -0.2) is 0 Å². The van der Waals surface area contributed by atoms with Crippen LogP contribution in [-0.2, 0) is 4.74 Å². The summed E-state index contributed by atoms with van der Waals surface area (Å²) in [5.74, 6) is -1.21. The van der Waals surface area contributed by atoms with Gasteiger partial charge in [-0.2, -0.15) is 0 Å². The zero-order valence-corrected chi connectivity index (χ0v) is 17.2. The molecule has 0 heterocycles. The monoisotopic (exact) mass is 451 g/mol. The van der Waals surface area contributed by atoms with Crippen LogP contribution in [-0.4, -0.2) is 26.5 Å². The molecule has 0 aliphatic heterocycles. The van der Waals surface area contributed by atoms with Crippen molar-refractivity contribution in [3.8, 4) is 16.9 Å². The first-order valence-corrected chi connectivity index (χ1v) is 9.57. The minimum absolute atomic E-state index is 0.447. The van der Waals surface area contributed by atoms with E-state index in [0.29, 0.717) is 18.7 Å². The average molecular weight is 451 g/mol. The standard InChI is InChI=1S/C16H14O.C6H3N3O7/c1-2-17-11-16-14-9-5-3-7-12(14)13-8-4-6-10-15(13)16;10-6-4(8(13)14)1-3(7(11)12)2-5(6)9(15)16/h3-11H,2H2,1H3;1-2,10H. The van der Waals surface area contributed by atoms with Crippen LogP contribution < -0.4 is 0 Å². The second-order valence-corrected chi connectivity index (χ2v) is 6.68. The number of hydrogen-bond acceptors (Lipinski definition) is 8. The van der Waals surface area contributed by atoms with E-state index in [4.69, 9.17) is 9.84 Å². The van der Waals surface area contributed by atoms with Gasteiger partial charge in [0.1, 0.15) is 0 Å². The van der Waals surface area contributed by atoms with E-state index >= 15 is 0 Å². The Morgan fingerprint density at radius 2 is 1.21 bits per heavy atom. The van der Waals surface area contributed by atoms with Gasteiger partial charge in [-0.1, -0.05) is 48.5 Å². The number of non-ortho nitro benzene ring substituents is 1. The van der Waals surface area contributed by atoms with Crippen molar-refractivity contribution >= 4 is 22.6 Å². The predicted octanol–water partition coefficient (Wildman–Crippen LogP) is 5.21. The number of rotatable bonds is 5. The van der Waals surface area contributed by atoms with Crippen molar-refractivity contribution in [2.75, 3.05) is 6.61 Å². The van der Waals surface area contributed by atoms with Crippen LogP contribution in [0.5, 0.6) is 5.75 Å². The molecule has 1 aliphatic carbocycles. The molecule has 3 aromatic carbocycles. The number of fused-ring (bicyclic) bond motifs is 3. The second-order valence-electron chi connectivity index (χ2n) is 6.68. The lowest BCUT2D eigenvalue weighted by atomic mass is 10.1. The number of aromatic hydroxyl groups is 1. The van der Waals surface area contributed by atoms with Gasteiger partial charge in [0.05, 0.1) is 39.8 Å². The third-order valence-corrected chi connectivity index (χ3v) is 4.75. The molecule has 4 rings (SSSR count). The second kappa shape index (κ2) is 9.56. The van der Waals surface area contributed by atoms with Crippen LogP contribution in [0, 0.1) is 30.3 Å². The Bertz CT molecular complexity index is 1200. The van der Waals surface area contributed by atoms with E-state index in [1.165, 1.54) is 27.8 Å². The van der Waals surface area contributed by atoms with Gasteiger partial charge in [0.2, 0.25) is 0 Å². The molecule has 0 saturated carbocycles. The maximum absolute atomic E-state index is 10.4. The molecule has 0 saturated heterocycles. The summed E-state index contributed by atoms with van der Waals surface area (Å²) in [4.78, 5) is 27.8. The van der Waals surface area contributed by atoms with Crippen LogP contribution in [0.1, 0.15) is 18.1 Å². The lowest BCUT2D eigenvalue weighted by Crippen LogP contribution is -1.97. The van der Waals surface area contributed by atoms with E-state index in [-0.39, 0.29) is 0 Å². The van der Waals surface area contributed by atoms with Crippen molar-refractivity contribution in [1.82, 2.24) is 0 Å². The summed E-state index contributed by atoms with van der Waals surface area (Å²) in [5.41, 5.74) is 3.32. The highest BCUT2D eigenvalue weighted by Gasteiger charge is 2.30. The summed E-state index contributed by atoms with van der Waals surface area (Å²) >= 11 is 0. The minimum atomic E-state index is -1.21. The van der Waals surface area contributed by atoms with Crippen molar-refractivity contribution in [2.45, 2.75) is 6.92 Å². The summed E-state index contributed by atoms with van der Waals surface area (Å²) in [6, 6.07) is 17.8. The van der Waals surface area contributed by atoms with Crippen LogP contribution in [0.3, 0.4) is 0 Å². The number of ether oxygens (including phenoxy) is 1. The summed E-state index contributed by atoms with van der Waals surface area (Å²) < 4.78 is 5.47. The molecule has 0 spiro atoms. The molecule has 0 fully saturated rings. The normalized spacial score (nSPS) is 10.9. The number of nitro groups is 3. The quantitative estimate of drug-likeness (QED) is 0.246. The highest BCUT2D eigenvalue weighted by atomic mass is 16.6. The van der Waals surface area contributed by atoms with Gasteiger partial charge in [-0.3, -0.25) is 30.3 Å². The first-order valence-electron chi connectivity index (χ1n) is 9.57. The fourth-order valence-electron chi connectivity index (χ4n) is 3.32. The Labute approximate surface area is 186 Å². The molecule has 0 atom stereocenters. The topological polar surface area (TPSA) is 159 Å². The largest absolute Gasteiger partial charge is 0.501 e. The Kier molecular flexibility index (Phi) is 6.63. The molecule has 11 heteroatoms. The number of nitro benzene ring substituents is 3. The van der Waals surface area contributed by atoms with E-state index < -0.39 is 37.6 Å². The summed E-state index contributed by atoms with van der Waals surface area (Å²) in [7, 11) is 0. The van der Waals surface area contributed by atoms with Crippen LogP contribution in [0.4, 0.5) is 17.1 Å². The van der Waals surface area contributed by atoms with E-state index in [2.05, 4.69) is 48.5 Å². The maximum Gasteiger partial charge on any atom is 0.324 e. The Balaban J connectivity index is 0.000000186. The zero-order valence-electron chi connectivity index (χ0n) is 17.2. The van der Waals surface area contributed by atoms with Crippen LogP contribution in [0.25, 0.3) is 16.7 Å². The number of phenols is 1. The van der Waals surface area contributed by atoms with Gasteiger partial charge in [-0.15, -0.1) is 0 Å². The van der Waals surface area contributed by atoms with Gasteiger partial charge in [-0.05, 0) is 29.2 Å². The Hall–Kier alpha value is -4.80. The molecule has 0 amide bonds. The molecule has 33 heavy (non-hydrogen) atoms. The molecular weight excluding hydrogens is 434 g/mol. The molecule has 3 aromatic rings. The van der Waals surface area contributed by atoms with Crippen molar-refractivity contribution in [1.29, 1.82) is 0 Å². The van der Waals surface area contributed by atoms with Crippen molar-refractivity contribution in [2.24, 2.45) is 0 Å². The van der Waals surface area contributed by atoms with Crippen LogP contribution in [0.2, 0.25) is 0 Å². The highest BCUT2D eigenvalue weighted by molar-refractivity contribution is 6.00. The molecule has 0 bridgehead atoms. The molecule has 0 aromatic heterocycles. The van der Waals surface area contributed by atoms with E-state index in [1.807, 2.05) is 13.2 Å². The minimum Gasteiger partial charge on any atom is -0.501 e. The number of phenolic OH excluding ortho intramolecular Hbond substituents is 1. The molecule has 0 unspecified atom stereocenters. The van der Waals surface area contributed by atoms with E-state index in [1.54, 1.807) is 0 Å². The average Bonchev–Trinajstić information content (AvgIpc) is 3.11. The van der Waals surface area contributed by atoms with Gasteiger partial charge in [0, 0.05) is 5.57 Å². The summed E-state index contributed by atoms with van der Waals surface area (Å²) in [6.07, 6.45) is 1.88. The number of hydrogen-bond donors (Lipinski definition) is 1. The van der Waals surface area contributed by atoms with Crippen LogP contribution >= 0.6 is 0 Å². The smallest absolute Gasteiger partial charge is 0.324 e. The number of benzene rings is 3. The summed E-state index contributed by atoms with van der Waals surface area (Å²) in [5, 5.41) is 40.2. The third-order valence-electron chi connectivity index (χ3n) is 4.75. The van der Waals surface area contributed by atoms with Crippen molar-refractivity contribution in [3.05, 3.63) is 108 Å². The first-order chi connectivity index (χ1) is 15.8.